The number of carboxylic acids is 1. The van der Waals surface area contributed by atoms with E-state index >= 15 is 0 Å². The van der Waals surface area contributed by atoms with Crippen molar-refractivity contribution in [1.29, 1.82) is 0 Å². The van der Waals surface area contributed by atoms with Crippen LogP contribution in [0.15, 0.2) is 24.3 Å². The van der Waals surface area contributed by atoms with Gasteiger partial charge in [-0.05, 0) is 24.0 Å². The molecule has 0 bridgehead atoms. The first kappa shape index (κ1) is 16.8. The number of urea groups is 1. The SMILES string of the molecule is O=C(O)C1Cc2ccccc2N1C(=O)NCCCCC1CCCC1. The van der Waals surface area contributed by atoms with Gasteiger partial charge in [0.1, 0.15) is 6.04 Å². The number of hydrogen-bond acceptors (Lipinski definition) is 2. The van der Waals surface area contributed by atoms with E-state index in [1.165, 1.54) is 37.0 Å². The van der Waals surface area contributed by atoms with Crippen molar-refractivity contribution >= 4 is 17.7 Å². The maximum Gasteiger partial charge on any atom is 0.327 e. The van der Waals surface area contributed by atoms with Crippen LogP contribution in [0.5, 0.6) is 0 Å². The Morgan fingerprint density at radius 3 is 2.67 bits per heavy atom. The maximum absolute atomic E-state index is 12.5. The van der Waals surface area contributed by atoms with E-state index in [-0.39, 0.29) is 6.03 Å². The predicted octanol–water partition coefficient (Wildman–Crippen LogP) is 3.57. The molecule has 0 spiro atoms. The number of nitrogens with zero attached hydrogens (tertiary/aromatic N) is 1. The second-order valence-corrected chi connectivity index (χ2v) is 6.94. The molecule has 1 unspecified atom stereocenters. The molecule has 2 amide bonds. The van der Waals surface area contributed by atoms with Crippen LogP contribution in [0.1, 0.15) is 50.5 Å². The quantitative estimate of drug-likeness (QED) is 0.783. The lowest BCUT2D eigenvalue weighted by Gasteiger charge is -2.23. The van der Waals surface area contributed by atoms with Gasteiger partial charge >= 0.3 is 12.0 Å². The van der Waals surface area contributed by atoms with Crippen LogP contribution in [0.4, 0.5) is 10.5 Å². The number of hydrogen-bond donors (Lipinski definition) is 2. The average Bonchev–Trinajstić information content (AvgIpc) is 3.21. The number of unbranched alkanes of at least 4 members (excludes halogenated alkanes) is 1. The van der Waals surface area contributed by atoms with Crippen molar-refractivity contribution in [2.45, 2.75) is 57.4 Å². The van der Waals surface area contributed by atoms with Crippen molar-refractivity contribution < 1.29 is 14.7 Å². The van der Waals surface area contributed by atoms with E-state index in [0.29, 0.717) is 18.7 Å². The second-order valence-electron chi connectivity index (χ2n) is 6.94. The van der Waals surface area contributed by atoms with Gasteiger partial charge in [0.2, 0.25) is 0 Å². The molecule has 0 saturated heterocycles. The number of anilines is 1. The summed E-state index contributed by atoms with van der Waals surface area (Å²) < 4.78 is 0. The number of amides is 2. The first-order valence-corrected chi connectivity index (χ1v) is 9.04. The highest BCUT2D eigenvalue weighted by Gasteiger charge is 2.38. The van der Waals surface area contributed by atoms with Gasteiger partial charge in [0.05, 0.1) is 0 Å². The Hall–Kier alpha value is -2.04. The number of nitrogens with one attached hydrogen (secondary N) is 1. The molecule has 1 atom stereocenters. The van der Waals surface area contributed by atoms with Crippen LogP contribution in [0.25, 0.3) is 0 Å². The normalized spacial score (nSPS) is 20.2. The molecule has 1 aliphatic heterocycles. The van der Waals surface area contributed by atoms with Crippen molar-refractivity contribution in [3.63, 3.8) is 0 Å². The number of aliphatic carboxylic acids is 1. The van der Waals surface area contributed by atoms with Crippen LogP contribution in [0.3, 0.4) is 0 Å². The molecule has 2 aliphatic rings. The Bertz CT molecular complexity index is 596. The van der Waals surface area contributed by atoms with Crippen LogP contribution >= 0.6 is 0 Å². The number of carboxylic acid groups (broad SMARTS) is 1. The Morgan fingerprint density at radius 1 is 1.17 bits per heavy atom. The molecular weight excluding hydrogens is 304 g/mol. The van der Waals surface area contributed by atoms with Crippen LogP contribution in [0, 0.1) is 5.92 Å². The molecular formula is C19H26N2O3. The molecule has 130 valence electrons. The van der Waals surface area contributed by atoms with Crippen LogP contribution < -0.4 is 10.2 Å². The first-order chi connectivity index (χ1) is 11.7. The summed E-state index contributed by atoms with van der Waals surface area (Å²) in [6.07, 6.45) is 9.16. The summed E-state index contributed by atoms with van der Waals surface area (Å²) in [6, 6.07) is 6.32. The fraction of sp³-hybridized carbons (Fsp3) is 0.579. The summed E-state index contributed by atoms with van der Waals surface area (Å²) in [5, 5.41) is 12.3. The average molecular weight is 330 g/mol. The van der Waals surface area contributed by atoms with Gasteiger partial charge in [-0.2, -0.15) is 0 Å². The summed E-state index contributed by atoms with van der Waals surface area (Å²) in [4.78, 5) is 25.4. The fourth-order valence-corrected chi connectivity index (χ4v) is 3.97. The lowest BCUT2D eigenvalue weighted by Crippen LogP contribution is -2.48. The van der Waals surface area contributed by atoms with E-state index in [1.54, 1.807) is 0 Å². The zero-order valence-electron chi connectivity index (χ0n) is 14.0. The third-order valence-electron chi connectivity index (χ3n) is 5.27. The third kappa shape index (κ3) is 3.71. The molecule has 0 aromatic heterocycles. The van der Waals surface area contributed by atoms with Gasteiger partial charge in [-0.3, -0.25) is 4.90 Å². The van der Waals surface area contributed by atoms with Crippen molar-refractivity contribution in [2.24, 2.45) is 5.92 Å². The number of rotatable bonds is 6. The summed E-state index contributed by atoms with van der Waals surface area (Å²) in [6.45, 7) is 0.608. The molecule has 5 nitrogen and oxygen atoms in total. The van der Waals surface area contributed by atoms with Gasteiger partial charge in [0.25, 0.3) is 0 Å². The lowest BCUT2D eigenvalue weighted by atomic mass is 10.0. The minimum atomic E-state index is -0.956. The maximum atomic E-state index is 12.5. The molecule has 5 heteroatoms. The number of carbonyl (C=O) groups is 2. The van der Waals surface area contributed by atoms with Crippen molar-refractivity contribution in [3.8, 4) is 0 Å². The van der Waals surface area contributed by atoms with Crippen LogP contribution in [-0.4, -0.2) is 29.7 Å². The number of para-hydroxylation sites is 1. The van der Waals surface area contributed by atoms with E-state index < -0.39 is 12.0 Å². The minimum Gasteiger partial charge on any atom is -0.480 e. The molecule has 1 saturated carbocycles. The van der Waals surface area contributed by atoms with Crippen molar-refractivity contribution in [1.82, 2.24) is 5.32 Å². The molecule has 1 aromatic rings. The Balaban J connectivity index is 1.50. The molecule has 3 rings (SSSR count). The largest absolute Gasteiger partial charge is 0.480 e. The minimum absolute atomic E-state index is 0.298. The van der Waals surface area contributed by atoms with E-state index in [2.05, 4.69) is 5.32 Å². The number of benzene rings is 1. The van der Waals surface area contributed by atoms with Crippen molar-refractivity contribution in [3.05, 3.63) is 29.8 Å². The standard InChI is InChI=1S/C19H26N2O3/c22-18(23)17-13-15-10-3-4-11-16(15)21(17)19(24)20-12-6-5-9-14-7-1-2-8-14/h3-4,10-11,14,17H,1-2,5-9,12-13H2,(H,20,24)(H,22,23). The molecule has 2 N–H and O–H groups in total. The van der Waals surface area contributed by atoms with Gasteiger partial charge in [-0.15, -0.1) is 0 Å². The topological polar surface area (TPSA) is 69.6 Å². The Labute approximate surface area is 143 Å². The molecule has 1 aromatic carbocycles. The lowest BCUT2D eigenvalue weighted by molar-refractivity contribution is -0.138. The predicted molar refractivity (Wildman–Crippen MR) is 93.3 cm³/mol. The highest BCUT2D eigenvalue weighted by molar-refractivity contribution is 6.01. The first-order valence-electron chi connectivity index (χ1n) is 9.04. The van der Waals surface area contributed by atoms with E-state index in [9.17, 15) is 14.7 Å². The molecule has 0 radical (unpaired) electrons. The Morgan fingerprint density at radius 2 is 1.92 bits per heavy atom. The smallest absolute Gasteiger partial charge is 0.327 e. The van der Waals surface area contributed by atoms with E-state index in [4.69, 9.17) is 0 Å². The van der Waals surface area contributed by atoms with Crippen LogP contribution in [-0.2, 0) is 11.2 Å². The van der Waals surface area contributed by atoms with Gasteiger partial charge in [0, 0.05) is 18.7 Å². The zero-order valence-corrected chi connectivity index (χ0v) is 14.0. The summed E-state index contributed by atoms with van der Waals surface area (Å²) in [7, 11) is 0. The van der Waals surface area contributed by atoms with Gasteiger partial charge < -0.3 is 10.4 Å². The summed E-state index contributed by atoms with van der Waals surface area (Å²) in [5.41, 5.74) is 1.63. The van der Waals surface area contributed by atoms with E-state index in [0.717, 1.165) is 24.3 Å². The van der Waals surface area contributed by atoms with E-state index in [1.807, 2.05) is 24.3 Å². The number of carbonyl (C=O) groups excluding carboxylic acids is 1. The number of fused-ring (bicyclic) bond motifs is 1. The molecule has 24 heavy (non-hydrogen) atoms. The highest BCUT2D eigenvalue weighted by atomic mass is 16.4. The molecule has 1 heterocycles. The molecule has 1 fully saturated rings. The van der Waals surface area contributed by atoms with Gasteiger partial charge in [-0.25, -0.2) is 9.59 Å². The van der Waals surface area contributed by atoms with Crippen molar-refractivity contribution in [2.75, 3.05) is 11.4 Å². The summed E-state index contributed by atoms with van der Waals surface area (Å²) in [5.74, 6) is -0.0786. The Kier molecular flexibility index (Phi) is 5.38. The monoisotopic (exact) mass is 330 g/mol. The van der Waals surface area contributed by atoms with Gasteiger partial charge in [-0.1, -0.05) is 56.7 Å². The third-order valence-corrected chi connectivity index (χ3v) is 5.27. The van der Waals surface area contributed by atoms with Gasteiger partial charge in [0.15, 0.2) is 0 Å². The highest BCUT2D eigenvalue weighted by Crippen LogP contribution is 2.32. The van der Waals surface area contributed by atoms with Crippen LogP contribution in [0.2, 0.25) is 0 Å². The zero-order chi connectivity index (χ0) is 16.9. The second kappa shape index (κ2) is 7.69. The molecule has 1 aliphatic carbocycles. The fourth-order valence-electron chi connectivity index (χ4n) is 3.97. The summed E-state index contributed by atoms with van der Waals surface area (Å²) >= 11 is 0.